The van der Waals surface area contributed by atoms with Crippen LogP contribution in [0, 0.1) is 11.3 Å². The molecular weight excluding hydrogens is 152 g/mol. The third-order valence-electron chi connectivity index (χ3n) is 2.40. The lowest BCUT2D eigenvalue weighted by Gasteiger charge is -2.23. The summed E-state index contributed by atoms with van der Waals surface area (Å²) in [5, 5.41) is 0. The highest BCUT2D eigenvalue weighted by Gasteiger charge is 2.45. The zero-order valence-corrected chi connectivity index (χ0v) is 8.60. The highest BCUT2D eigenvalue weighted by atomic mass is 16.6. The van der Waals surface area contributed by atoms with Crippen LogP contribution in [0.5, 0.6) is 0 Å². The van der Waals surface area contributed by atoms with E-state index in [2.05, 4.69) is 20.8 Å². The van der Waals surface area contributed by atoms with Crippen molar-refractivity contribution in [2.75, 3.05) is 0 Å². The average Bonchev–Trinajstić information content (AvgIpc) is 2.03. The molecule has 0 N–H and O–H groups in total. The van der Waals surface area contributed by atoms with E-state index < -0.39 is 0 Å². The van der Waals surface area contributed by atoms with Gasteiger partial charge in [-0.3, -0.25) is 4.79 Å². The van der Waals surface area contributed by atoms with E-state index in [9.17, 15) is 4.79 Å². The Kier molecular flexibility index (Phi) is 1.97. The predicted octanol–water partition coefficient (Wildman–Crippen LogP) is 2.37. The number of hydrogen-bond donors (Lipinski definition) is 0. The fourth-order valence-electron chi connectivity index (χ4n) is 1.62. The summed E-state index contributed by atoms with van der Waals surface area (Å²) in [7, 11) is 0. The molecule has 0 saturated carbocycles. The standard InChI is InChI=1S/C10H18O2/c1-9(2,3)7-6-10(4,5)12-8(7)11/h7H,6H2,1-5H3. The second kappa shape index (κ2) is 2.48. The first kappa shape index (κ1) is 9.56. The van der Waals surface area contributed by atoms with Gasteiger partial charge in [-0.1, -0.05) is 20.8 Å². The molecule has 0 spiro atoms. The van der Waals surface area contributed by atoms with Crippen LogP contribution in [0.15, 0.2) is 0 Å². The van der Waals surface area contributed by atoms with Crippen molar-refractivity contribution in [3.05, 3.63) is 0 Å². The van der Waals surface area contributed by atoms with Gasteiger partial charge in [0, 0.05) is 6.42 Å². The SMILES string of the molecule is CC1(C)CC(C(C)(C)C)C(=O)O1. The molecule has 1 aliphatic rings. The molecule has 1 aliphatic heterocycles. The van der Waals surface area contributed by atoms with Crippen LogP contribution in [0.4, 0.5) is 0 Å². The van der Waals surface area contributed by atoms with Crippen LogP contribution in [0.1, 0.15) is 41.0 Å². The van der Waals surface area contributed by atoms with E-state index in [0.29, 0.717) is 0 Å². The molecule has 1 atom stereocenters. The maximum atomic E-state index is 11.4. The molecule has 0 amide bonds. The van der Waals surface area contributed by atoms with Gasteiger partial charge < -0.3 is 4.74 Å². The third kappa shape index (κ3) is 1.79. The first-order valence-electron chi connectivity index (χ1n) is 4.45. The summed E-state index contributed by atoms with van der Waals surface area (Å²) >= 11 is 0. The largest absolute Gasteiger partial charge is 0.459 e. The Balaban J connectivity index is 2.78. The monoisotopic (exact) mass is 170 g/mol. The van der Waals surface area contributed by atoms with Crippen molar-refractivity contribution < 1.29 is 9.53 Å². The minimum absolute atomic E-state index is 0.0326. The second-order valence-corrected chi connectivity index (χ2v) is 5.30. The summed E-state index contributed by atoms with van der Waals surface area (Å²) in [6.07, 6.45) is 0.843. The van der Waals surface area contributed by atoms with Crippen molar-refractivity contribution in [2.45, 2.75) is 46.6 Å². The van der Waals surface area contributed by atoms with Gasteiger partial charge in [-0.05, 0) is 19.3 Å². The first-order chi connectivity index (χ1) is 5.22. The van der Waals surface area contributed by atoms with Gasteiger partial charge >= 0.3 is 5.97 Å². The van der Waals surface area contributed by atoms with Crippen LogP contribution < -0.4 is 0 Å². The molecule has 0 aromatic rings. The molecule has 12 heavy (non-hydrogen) atoms. The van der Waals surface area contributed by atoms with Crippen LogP contribution in [0.25, 0.3) is 0 Å². The van der Waals surface area contributed by atoms with Gasteiger partial charge in [-0.2, -0.15) is 0 Å². The van der Waals surface area contributed by atoms with Crippen molar-refractivity contribution in [1.29, 1.82) is 0 Å². The molecule has 70 valence electrons. The molecular formula is C10H18O2. The zero-order valence-electron chi connectivity index (χ0n) is 8.60. The number of esters is 1. The third-order valence-corrected chi connectivity index (χ3v) is 2.40. The number of rotatable bonds is 0. The minimum Gasteiger partial charge on any atom is -0.459 e. The van der Waals surface area contributed by atoms with Crippen LogP contribution in [0.2, 0.25) is 0 Å². The van der Waals surface area contributed by atoms with Crippen molar-refractivity contribution >= 4 is 5.97 Å². The molecule has 1 fully saturated rings. The lowest BCUT2D eigenvalue weighted by Crippen LogP contribution is -2.24. The van der Waals surface area contributed by atoms with E-state index in [1.165, 1.54) is 0 Å². The number of carbonyl (C=O) groups excluding carboxylic acids is 1. The van der Waals surface area contributed by atoms with Gasteiger partial charge in [0.05, 0.1) is 5.92 Å². The molecule has 0 radical (unpaired) electrons. The maximum absolute atomic E-state index is 11.4. The summed E-state index contributed by atoms with van der Waals surface area (Å²) in [6, 6.07) is 0. The molecule has 2 nitrogen and oxygen atoms in total. The molecule has 0 aromatic carbocycles. The van der Waals surface area contributed by atoms with Crippen LogP contribution in [0.3, 0.4) is 0 Å². The highest BCUT2D eigenvalue weighted by Crippen LogP contribution is 2.40. The molecule has 0 bridgehead atoms. The van der Waals surface area contributed by atoms with Crippen molar-refractivity contribution in [3.63, 3.8) is 0 Å². The molecule has 2 heteroatoms. The summed E-state index contributed by atoms with van der Waals surface area (Å²) in [4.78, 5) is 11.4. The minimum atomic E-state index is -0.255. The van der Waals surface area contributed by atoms with E-state index in [1.807, 2.05) is 13.8 Å². The number of ether oxygens (including phenoxy) is 1. The van der Waals surface area contributed by atoms with E-state index in [-0.39, 0.29) is 22.9 Å². The molecule has 1 heterocycles. The Hall–Kier alpha value is -0.530. The predicted molar refractivity (Wildman–Crippen MR) is 47.7 cm³/mol. The van der Waals surface area contributed by atoms with Gasteiger partial charge in [0.15, 0.2) is 0 Å². The van der Waals surface area contributed by atoms with Crippen molar-refractivity contribution in [2.24, 2.45) is 11.3 Å². The summed E-state index contributed by atoms with van der Waals surface area (Å²) in [6.45, 7) is 10.2. The van der Waals surface area contributed by atoms with E-state index in [0.717, 1.165) is 6.42 Å². The lowest BCUT2D eigenvalue weighted by atomic mass is 9.77. The topological polar surface area (TPSA) is 26.3 Å². The fourth-order valence-corrected chi connectivity index (χ4v) is 1.62. The quantitative estimate of drug-likeness (QED) is 0.522. The lowest BCUT2D eigenvalue weighted by molar-refractivity contribution is -0.150. The van der Waals surface area contributed by atoms with Crippen LogP contribution in [-0.4, -0.2) is 11.6 Å². The number of carbonyl (C=O) groups is 1. The van der Waals surface area contributed by atoms with Gasteiger partial charge in [-0.25, -0.2) is 0 Å². The summed E-state index contributed by atoms with van der Waals surface area (Å²) in [5.74, 6) is 0.0278. The molecule has 1 rings (SSSR count). The maximum Gasteiger partial charge on any atom is 0.310 e. The highest BCUT2D eigenvalue weighted by molar-refractivity contribution is 5.76. The second-order valence-electron chi connectivity index (χ2n) is 5.30. The Morgan fingerprint density at radius 1 is 1.42 bits per heavy atom. The van der Waals surface area contributed by atoms with Gasteiger partial charge in [0.1, 0.15) is 5.60 Å². The zero-order chi connectivity index (χ0) is 9.57. The van der Waals surface area contributed by atoms with Crippen LogP contribution in [-0.2, 0) is 9.53 Å². The Morgan fingerprint density at radius 3 is 2.08 bits per heavy atom. The average molecular weight is 170 g/mol. The van der Waals surface area contributed by atoms with Gasteiger partial charge in [0.25, 0.3) is 0 Å². The summed E-state index contributed by atoms with van der Waals surface area (Å²) in [5.41, 5.74) is -0.222. The number of hydrogen-bond acceptors (Lipinski definition) is 2. The fraction of sp³-hybridized carbons (Fsp3) is 0.900. The Bertz CT molecular complexity index is 198. The number of cyclic esters (lactones) is 1. The van der Waals surface area contributed by atoms with Crippen molar-refractivity contribution in [1.82, 2.24) is 0 Å². The first-order valence-corrected chi connectivity index (χ1v) is 4.45. The van der Waals surface area contributed by atoms with E-state index >= 15 is 0 Å². The van der Waals surface area contributed by atoms with Crippen LogP contribution >= 0.6 is 0 Å². The normalized spacial score (nSPS) is 28.8. The molecule has 1 unspecified atom stereocenters. The van der Waals surface area contributed by atoms with E-state index in [1.54, 1.807) is 0 Å². The Labute approximate surface area is 74.3 Å². The van der Waals surface area contributed by atoms with Gasteiger partial charge in [-0.15, -0.1) is 0 Å². The summed E-state index contributed by atoms with van der Waals surface area (Å²) < 4.78 is 5.25. The van der Waals surface area contributed by atoms with Crippen molar-refractivity contribution in [3.8, 4) is 0 Å². The Morgan fingerprint density at radius 2 is 1.92 bits per heavy atom. The van der Waals surface area contributed by atoms with Gasteiger partial charge in [0.2, 0.25) is 0 Å². The smallest absolute Gasteiger partial charge is 0.310 e. The molecule has 1 saturated heterocycles. The molecule has 0 aromatic heterocycles. The van der Waals surface area contributed by atoms with E-state index in [4.69, 9.17) is 4.74 Å². The molecule has 0 aliphatic carbocycles.